The summed E-state index contributed by atoms with van der Waals surface area (Å²) in [6.07, 6.45) is 7.28. The maximum Gasteiger partial charge on any atom is 0.412 e. The molecule has 11 nitrogen and oxygen atoms in total. The highest BCUT2D eigenvalue weighted by atomic mass is 33.1. The van der Waals surface area contributed by atoms with E-state index in [2.05, 4.69) is 10.6 Å². The van der Waals surface area contributed by atoms with Gasteiger partial charge < -0.3 is 24.6 Å². The summed E-state index contributed by atoms with van der Waals surface area (Å²) in [6, 6.07) is 13.4. The lowest BCUT2D eigenvalue weighted by Crippen LogP contribution is -2.36. The predicted molar refractivity (Wildman–Crippen MR) is 211 cm³/mol. The number of alkyl carbamates (subject to hydrolysis) is 1. The third-order valence-corrected chi connectivity index (χ3v) is 11.5. The molecular weight excluding hydrogens is 699 g/mol. The summed E-state index contributed by atoms with van der Waals surface area (Å²) in [6.45, 7) is 9.53. The Kier molecular flexibility index (Phi) is 16.8. The van der Waals surface area contributed by atoms with E-state index in [0.717, 1.165) is 61.7 Å². The first-order valence-corrected chi connectivity index (χ1v) is 20.6. The van der Waals surface area contributed by atoms with Gasteiger partial charge in [-0.2, -0.15) is 0 Å². The van der Waals surface area contributed by atoms with Gasteiger partial charge >= 0.3 is 6.09 Å². The van der Waals surface area contributed by atoms with E-state index < -0.39 is 6.09 Å². The second kappa shape index (κ2) is 21.4. The minimum atomic E-state index is -0.645. The van der Waals surface area contributed by atoms with Crippen molar-refractivity contribution in [1.29, 1.82) is 0 Å². The van der Waals surface area contributed by atoms with Crippen molar-refractivity contribution in [1.82, 2.24) is 20.4 Å². The third kappa shape index (κ3) is 12.5. The number of amidine groups is 1. The van der Waals surface area contributed by atoms with E-state index in [-0.39, 0.29) is 36.0 Å². The summed E-state index contributed by atoms with van der Waals surface area (Å²) in [4.78, 5) is 70.5. The molecule has 52 heavy (non-hydrogen) atoms. The zero-order chi connectivity index (χ0) is 37.3. The van der Waals surface area contributed by atoms with Crippen LogP contribution in [0.15, 0.2) is 53.0 Å². The number of rotatable bonds is 18. The molecule has 0 bridgehead atoms. The molecule has 2 aromatic carbocycles. The lowest BCUT2D eigenvalue weighted by Gasteiger charge is -2.23. The molecule has 0 aliphatic carbocycles. The molecule has 0 saturated carbocycles. The van der Waals surface area contributed by atoms with Crippen molar-refractivity contribution < 1.29 is 28.7 Å². The number of amides is 4. The molecule has 13 heteroatoms. The van der Waals surface area contributed by atoms with Gasteiger partial charge in [-0.3, -0.25) is 19.7 Å². The predicted octanol–water partition coefficient (Wildman–Crippen LogP) is 7.04. The van der Waals surface area contributed by atoms with Crippen molar-refractivity contribution in [3.63, 3.8) is 0 Å². The minimum absolute atomic E-state index is 0.0534. The Morgan fingerprint density at radius 2 is 1.73 bits per heavy atom. The summed E-state index contributed by atoms with van der Waals surface area (Å²) in [5, 5.41) is 5.74. The molecule has 4 rings (SSSR count). The van der Waals surface area contributed by atoms with Crippen molar-refractivity contribution in [2.45, 2.75) is 77.4 Å². The fraction of sp³-hybridized carbons (Fsp3) is 0.487. The summed E-state index contributed by atoms with van der Waals surface area (Å²) < 4.78 is 5.49. The highest BCUT2D eigenvalue weighted by Crippen LogP contribution is 2.33. The number of carbonyl (C=O) groups excluding carboxylic acids is 5. The zero-order valence-electron chi connectivity index (χ0n) is 30.5. The number of hydrogen-bond acceptors (Lipinski definition) is 9. The first-order chi connectivity index (χ1) is 25.2. The lowest BCUT2D eigenvalue weighted by molar-refractivity contribution is -0.127. The zero-order valence-corrected chi connectivity index (χ0v) is 32.1. The quantitative estimate of drug-likeness (QED) is 0.0942. The fourth-order valence-corrected chi connectivity index (χ4v) is 8.12. The number of aliphatic imine (C=N–C) groups is 1. The highest BCUT2D eigenvalue weighted by Gasteiger charge is 2.24. The fourth-order valence-electron chi connectivity index (χ4n) is 5.95. The topological polar surface area (TPSA) is 137 Å². The summed E-state index contributed by atoms with van der Waals surface area (Å²) in [5.41, 5.74) is 4.41. The van der Waals surface area contributed by atoms with Crippen molar-refractivity contribution in [2.24, 2.45) is 4.99 Å². The molecule has 1 saturated heterocycles. The van der Waals surface area contributed by atoms with Crippen LogP contribution in [0.25, 0.3) is 17.2 Å². The Labute approximate surface area is 315 Å². The monoisotopic (exact) mass is 749 g/mol. The minimum Gasteiger partial charge on any atom is -0.448 e. The Morgan fingerprint density at radius 3 is 2.42 bits per heavy atom. The van der Waals surface area contributed by atoms with Gasteiger partial charge in [0.15, 0.2) is 0 Å². The van der Waals surface area contributed by atoms with E-state index >= 15 is 0 Å². The van der Waals surface area contributed by atoms with Gasteiger partial charge in [0.2, 0.25) is 11.8 Å². The second-order valence-corrected chi connectivity index (χ2v) is 15.8. The van der Waals surface area contributed by atoms with Crippen LogP contribution in [0.3, 0.4) is 0 Å². The van der Waals surface area contributed by atoms with Gasteiger partial charge in [0.1, 0.15) is 18.7 Å². The molecule has 2 aliphatic rings. The first-order valence-electron chi connectivity index (χ1n) is 18.3. The highest BCUT2D eigenvalue weighted by molar-refractivity contribution is 8.76. The molecule has 1 atom stereocenters. The molecule has 2 heterocycles. The normalized spacial score (nSPS) is 14.3. The van der Waals surface area contributed by atoms with Crippen LogP contribution in [0.2, 0.25) is 0 Å². The number of likely N-dealkylation sites (tertiary alicyclic amines) is 1. The van der Waals surface area contributed by atoms with Gasteiger partial charge in [0, 0.05) is 79.7 Å². The number of aldehydes is 1. The van der Waals surface area contributed by atoms with Crippen LogP contribution in [-0.4, -0.2) is 96.1 Å². The van der Waals surface area contributed by atoms with E-state index in [1.54, 1.807) is 21.6 Å². The molecular formula is C39H51N5O6S2. The van der Waals surface area contributed by atoms with Gasteiger partial charge in [-0.1, -0.05) is 66.6 Å². The number of benzene rings is 2. The van der Waals surface area contributed by atoms with E-state index in [4.69, 9.17) is 9.73 Å². The molecule has 0 aromatic heterocycles. The second-order valence-electron chi connectivity index (χ2n) is 12.9. The number of carbonyl (C=O) groups is 5. The molecule has 4 amide bonds. The first kappa shape index (κ1) is 40.7. The number of ether oxygens (including phenoxy) is 1. The summed E-state index contributed by atoms with van der Waals surface area (Å²) in [7, 11) is 3.19. The van der Waals surface area contributed by atoms with Crippen LogP contribution in [0.5, 0.6) is 0 Å². The van der Waals surface area contributed by atoms with Gasteiger partial charge in [0.25, 0.3) is 5.91 Å². The molecule has 1 unspecified atom stereocenters. The van der Waals surface area contributed by atoms with E-state index in [9.17, 15) is 24.0 Å². The van der Waals surface area contributed by atoms with Gasteiger partial charge in [0.05, 0.1) is 5.69 Å². The standard InChI is InChI=1S/C39H51N5O6S2/c1-4-18-43(19-5-2)38(48)33-25-32-15-14-31(29-10-12-30(13-11-29)37(47)44-20-6-7-21-44)26-34(32)41-35(27-33)42-39(49)50-23-24-51-52-28(3)9-16-36(46)40-17-8-22-45/h10-15,22,25-26,28H,4-9,16-21,23-24,27H2,1-3H3,(H,40,46)(H,41,42,49). The SMILES string of the molecule is CCCN(CCC)C(=O)C1=Cc2ccc(-c3ccc(C(=O)N4CCCC4)cc3)cc2N=C(NC(=O)OCCSSC(C)CCC(=O)NCCC=O)C1. The maximum atomic E-state index is 13.8. The maximum absolute atomic E-state index is 13.8. The summed E-state index contributed by atoms with van der Waals surface area (Å²) >= 11 is 0. The summed E-state index contributed by atoms with van der Waals surface area (Å²) in [5.74, 6) is 0.784. The Balaban J connectivity index is 1.41. The lowest BCUT2D eigenvalue weighted by atomic mass is 9.99. The van der Waals surface area contributed by atoms with Crippen molar-refractivity contribution in [3.05, 3.63) is 59.2 Å². The Hall–Kier alpha value is -4.10. The van der Waals surface area contributed by atoms with Crippen LogP contribution in [0.4, 0.5) is 10.5 Å². The number of nitrogens with zero attached hydrogens (tertiary/aromatic N) is 3. The number of hydrogen-bond donors (Lipinski definition) is 2. The largest absolute Gasteiger partial charge is 0.448 e. The van der Waals surface area contributed by atoms with Crippen LogP contribution in [0.1, 0.15) is 88.1 Å². The molecule has 2 N–H and O–H groups in total. The van der Waals surface area contributed by atoms with Crippen LogP contribution in [0, 0.1) is 0 Å². The van der Waals surface area contributed by atoms with Gasteiger partial charge in [-0.05, 0) is 67.5 Å². The average Bonchev–Trinajstić information content (AvgIpc) is 3.62. The van der Waals surface area contributed by atoms with Crippen molar-refractivity contribution in [3.8, 4) is 11.1 Å². The molecule has 280 valence electrons. The number of fused-ring (bicyclic) bond motifs is 1. The Morgan fingerprint density at radius 1 is 1.02 bits per heavy atom. The van der Waals surface area contributed by atoms with Crippen LogP contribution in [-0.2, 0) is 19.1 Å². The van der Waals surface area contributed by atoms with Crippen molar-refractivity contribution in [2.75, 3.05) is 45.1 Å². The van der Waals surface area contributed by atoms with Gasteiger partial charge in [-0.15, -0.1) is 0 Å². The molecule has 0 spiro atoms. The molecule has 2 aliphatic heterocycles. The molecule has 1 fully saturated rings. The van der Waals surface area contributed by atoms with E-state index in [1.165, 1.54) is 0 Å². The van der Waals surface area contributed by atoms with Crippen molar-refractivity contribution >= 4 is 69.3 Å². The third-order valence-electron chi connectivity index (χ3n) is 8.62. The van der Waals surface area contributed by atoms with Crippen LogP contribution >= 0.6 is 21.6 Å². The van der Waals surface area contributed by atoms with E-state index in [1.807, 2.05) is 79.1 Å². The van der Waals surface area contributed by atoms with Gasteiger partial charge in [-0.25, -0.2) is 9.79 Å². The smallest absolute Gasteiger partial charge is 0.412 e. The molecule has 2 aromatic rings. The van der Waals surface area contributed by atoms with E-state index in [0.29, 0.717) is 67.3 Å². The number of nitrogens with one attached hydrogen (secondary N) is 2. The van der Waals surface area contributed by atoms with Crippen LogP contribution < -0.4 is 10.6 Å². The molecule has 0 radical (unpaired) electrons. The Bertz CT molecular complexity index is 1600. The average molecular weight is 750 g/mol.